The maximum Gasteiger partial charge on any atom is 0.254 e. The number of methoxy groups -OCH3 is 3. The lowest BCUT2D eigenvalue weighted by atomic mass is 9.92. The van der Waals surface area contributed by atoms with E-state index in [9.17, 15) is 4.79 Å². The molecule has 1 aromatic heterocycles. The number of likely N-dealkylation sites (tertiary alicyclic amines) is 1. The van der Waals surface area contributed by atoms with Gasteiger partial charge in [0.15, 0.2) is 11.5 Å². The van der Waals surface area contributed by atoms with Crippen LogP contribution < -0.4 is 19.1 Å². The highest BCUT2D eigenvalue weighted by Crippen LogP contribution is 2.40. The standard InChI is InChI=1S/C22H28N4O4/c1-14-5-8-23-22(24-14)25-9-6-15-7-10-26(17(15)13-25)21(27)16-11-18(28-2)20(30-4)19(12-16)29-3/h5,8,11-12,15,17H,6-7,9-10,13H2,1-4H3. The van der Waals surface area contributed by atoms with Gasteiger partial charge in [0.05, 0.1) is 27.4 Å². The van der Waals surface area contributed by atoms with Crippen LogP contribution in [0.2, 0.25) is 0 Å². The predicted molar refractivity (Wildman–Crippen MR) is 113 cm³/mol. The molecule has 1 amide bonds. The Kier molecular flexibility index (Phi) is 5.65. The Morgan fingerprint density at radius 1 is 1.07 bits per heavy atom. The molecule has 0 aliphatic carbocycles. The van der Waals surface area contributed by atoms with E-state index in [4.69, 9.17) is 14.2 Å². The van der Waals surface area contributed by atoms with Gasteiger partial charge in [-0.1, -0.05) is 0 Å². The number of rotatable bonds is 5. The Morgan fingerprint density at radius 3 is 2.40 bits per heavy atom. The molecule has 2 aromatic rings. The van der Waals surface area contributed by atoms with Crippen molar-refractivity contribution in [2.45, 2.75) is 25.8 Å². The smallest absolute Gasteiger partial charge is 0.254 e. The van der Waals surface area contributed by atoms with Crippen molar-refractivity contribution in [3.63, 3.8) is 0 Å². The maximum absolute atomic E-state index is 13.5. The molecule has 2 saturated heterocycles. The van der Waals surface area contributed by atoms with Gasteiger partial charge < -0.3 is 24.0 Å². The summed E-state index contributed by atoms with van der Waals surface area (Å²) in [5.74, 6) is 2.66. The number of aromatic nitrogens is 2. The van der Waals surface area contributed by atoms with Gasteiger partial charge in [0, 0.05) is 37.1 Å². The molecule has 8 heteroatoms. The summed E-state index contributed by atoms with van der Waals surface area (Å²) < 4.78 is 16.2. The molecule has 1 aromatic carbocycles. The van der Waals surface area contributed by atoms with Crippen LogP contribution in [0.3, 0.4) is 0 Å². The molecule has 2 aliphatic rings. The van der Waals surface area contributed by atoms with E-state index in [0.29, 0.717) is 28.7 Å². The zero-order valence-corrected chi connectivity index (χ0v) is 17.9. The van der Waals surface area contributed by atoms with Gasteiger partial charge in [0.25, 0.3) is 5.91 Å². The molecule has 2 aliphatic heterocycles. The highest BCUT2D eigenvalue weighted by Gasteiger charge is 2.41. The zero-order chi connectivity index (χ0) is 21.3. The van der Waals surface area contributed by atoms with Crippen LogP contribution in [0.5, 0.6) is 17.2 Å². The van der Waals surface area contributed by atoms with Crippen molar-refractivity contribution in [3.8, 4) is 17.2 Å². The summed E-state index contributed by atoms with van der Waals surface area (Å²) in [5, 5.41) is 0. The van der Waals surface area contributed by atoms with E-state index in [2.05, 4.69) is 14.9 Å². The van der Waals surface area contributed by atoms with Crippen molar-refractivity contribution in [2.24, 2.45) is 5.92 Å². The first-order valence-corrected chi connectivity index (χ1v) is 10.2. The predicted octanol–water partition coefficient (Wildman–Crippen LogP) is 2.55. The van der Waals surface area contributed by atoms with Crippen LogP contribution in [0.1, 0.15) is 28.9 Å². The first-order valence-electron chi connectivity index (χ1n) is 10.2. The van der Waals surface area contributed by atoms with Crippen LogP contribution in [-0.2, 0) is 0 Å². The molecular weight excluding hydrogens is 384 g/mol. The topological polar surface area (TPSA) is 77.0 Å². The van der Waals surface area contributed by atoms with Gasteiger partial charge >= 0.3 is 0 Å². The third-order valence-electron chi connectivity index (χ3n) is 6.10. The fourth-order valence-corrected chi connectivity index (χ4v) is 4.53. The van der Waals surface area contributed by atoms with Crippen LogP contribution in [-0.4, -0.2) is 67.8 Å². The Bertz CT molecular complexity index is 910. The second-order valence-electron chi connectivity index (χ2n) is 7.76. The average molecular weight is 412 g/mol. The van der Waals surface area contributed by atoms with Crippen molar-refractivity contribution in [1.29, 1.82) is 0 Å². The number of benzene rings is 1. The van der Waals surface area contributed by atoms with Gasteiger partial charge in [-0.3, -0.25) is 4.79 Å². The van der Waals surface area contributed by atoms with Crippen molar-refractivity contribution < 1.29 is 19.0 Å². The molecule has 4 rings (SSSR count). The number of fused-ring (bicyclic) bond motifs is 1. The highest BCUT2D eigenvalue weighted by atomic mass is 16.5. The number of carbonyl (C=O) groups is 1. The van der Waals surface area contributed by atoms with Crippen LogP contribution in [0.25, 0.3) is 0 Å². The third-order valence-corrected chi connectivity index (χ3v) is 6.10. The van der Waals surface area contributed by atoms with E-state index in [1.54, 1.807) is 39.7 Å². The lowest BCUT2D eigenvalue weighted by Gasteiger charge is -2.38. The largest absolute Gasteiger partial charge is 0.493 e. The van der Waals surface area contributed by atoms with Crippen LogP contribution >= 0.6 is 0 Å². The summed E-state index contributed by atoms with van der Waals surface area (Å²) in [5.41, 5.74) is 1.48. The lowest BCUT2D eigenvalue weighted by molar-refractivity contribution is 0.0711. The molecule has 3 heterocycles. The molecule has 30 heavy (non-hydrogen) atoms. The van der Waals surface area contributed by atoms with Gasteiger partial charge in [0.1, 0.15) is 0 Å². The monoisotopic (exact) mass is 412 g/mol. The van der Waals surface area contributed by atoms with Crippen LogP contribution in [0, 0.1) is 12.8 Å². The number of piperidine rings is 1. The molecule has 0 N–H and O–H groups in total. The fraction of sp³-hybridized carbons (Fsp3) is 0.500. The Balaban J connectivity index is 1.59. The van der Waals surface area contributed by atoms with E-state index in [-0.39, 0.29) is 11.9 Å². The molecule has 160 valence electrons. The zero-order valence-electron chi connectivity index (χ0n) is 17.9. The number of hydrogen-bond donors (Lipinski definition) is 0. The van der Waals surface area contributed by atoms with Crippen molar-refractivity contribution in [2.75, 3.05) is 45.9 Å². The highest BCUT2D eigenvalue weighted by molar-refractivity contribution is 5.96. The Labute approximate surface area is 176 Å². The first kappa shape index (κ1) is 20.3. The molecule has 2 atom stereocenters. The van der Waals surface area contributed by atoms with E-state index in [1.807, 2.05) is 17.9 Å². The van der Waals surface area contributed by atoms with Gasteiger partial charge in [-0.05, 0) is 43.9 Å². The SMILES string of the molecule is COc1cc(C(=O)N2CCC3CCN(c4nccc(C)n4)CC32)cc(OC)c1OC. The van der Waals surface area contributed by atoms with Crippen LogP contribution in [0.4, 0.5) is 5.95 Å². The van der Waals surface area contributed by atoms with Gasteiger partial charge in [-0.2, -0.15) is 0 Å². The molecule has 0 spiro atoms. The first-order chi connectivity index (χ1) is 14.5. The normalized spacial score (nSPS) is 20.7. The Hall–Kier alpha value is -3.03. The van der Waals surface area contributed by atoms with E-state index in [0.717, 1.165) is 44.1 Å². The molecule has 0 radical (unpaired) electrons. The van der Waals surface area contributed by atoms with E-state index < -0.39 is 0 Å². The molecule has 0 saturated carbocycles. The fourth-order valence-electron chi connectivity index (χ4n) is 4.53. The summed E-state index contributed by atoms with van der Waals surface area (Å²) in [4.78, 5) is 26.6. The minimum Gasteiger partial charge on any atom is -0.493 e. The molecular formula is C22H28N4O4. The van der Waals surface area contributed by atoms with Crippen molar-refractivity contribution in [1.82, 2.24) is 14.9 Å². The number of aryl methyl sites for hydroxylation is 1. The number of nitrogens with zero attached hydrogens (tertiary/aromatic N) is 4. The third kappa shape index (κ3) is 3.62. The second-order valence-corrected chi connectivity index (χ2v) is 7.76. The van der Waals surface area contributed by atoms with Crippen LogP contribution in [0.15, 0.2) is 24.4 Å². The minimum absolute atomic E-state index is 0.0197. The molecule has 8 nitrogen and oxygen atoms in total. The van der Waals surface area contributed by atoms with E-state index >= 15 is 0 Å². The van der Waals surface area contributed by atoms with Crippen molar-refractivity contribution in [3.05, 3.63) is 35.7 Å². The number of ether oxygens (including phenoxy) is 3. The number of amides is 1. The summed E-state index contributed by atoms with van der Waals surface area (Å²) in [7, 11) is 4.66. The molecule has 0 bridgehead atoms. The molecule has 2 fully saturated rings. The van der Waals surface area contributed by atoms with Gasteiger partial charge in [-0.25, -0.2) is 9.97 Å². The molecule has 2 unspecified atom stereocenters. The quantitative estimate of drug-likeness (QED) is 0.747. The average Bonchev–Trinajstić information content (AvgIpc) is 3.20. The maximum atomic E-state index is 13.5. The lowest BCUT2D eigenvalue weighted by Crippen LogP contribution is -2.50. The number of hydrogen-bond acceptors (Lipinski definition) is 7. The minimum atomic E-state index is -0.0197. The summed E-state index contributed by atoms with van der Waals surface area (Å²) in [6.45, 7) is 4.36. The summed E-state index contributed by atoms with van der Waals surface area (Å²) in [6.07, 6.45) is 3.83. The van der Waals surface area contributed by atoms with Crippen molar-refractivity contribution >= 4 is 11.9 Å². The summed E-state index contributed by atoms with van der Waals surface area (Å²) in [6, 6.07) is 5.48. The van der Waals surface area contributed by atoms with Gasteiger partial charge in [0.2, 0.25) is 11.7 Å². The second kappa shape index (κ2) is 8.38. The summed E-state index contributed by atoms with van der Waals surface area (Å²) >= 11 is 0. The Morgan fingerprint density at radius 2 is 1.77 bits per heavy atom. The van der Waals surface area contributed by atoms with Gasteiger partial charge in [-0.15, -0.1) is 0 Å². The van der Waals surface area contributed by atoms with E-state index in [1.165, 1.54) is 0 Å². The number of carbonyl (C=O) groups excluding carboxylic acids is 1. The number of anilines is 1.